The fourth-order valence-corrected chi connectivity index (χ4v) is 3.23. The minimum Gasteiger partial charge on any atom is -0.495 e. The van der Waals surface area contributed by atoms with Gasteiger partial charge in [-0.15, -0.1) is 0 Å². The summed E-state index contributed by atoms with van der Waals surface area (Å²) in [5, 5.41) is 30.0. The van der Waals surface area contributed by atoms with Gasteiger partial charge in [-0.1, -0.05) is 13.8 Å². The molecule has 0 aliphatic rings. The van der Waals surface area contributed by atoms with Gasteiger partial charge in [-0.2, -0.15) is 0 Å². The van der Waals surface area contributed by atoms with E-state index in [1.165, 1.54) is 20.3 Å². The maximum atomic E-state index is 12.0. The topological polar surface area (TPSA) is 105 Å². The highest BCUT2D eigenvalue weighted by Gasteiger charge is 2.26. The molecule has 0 saturated heterocycles. The highest BCUT2D eigenvalue weighted by Crippen LogP contribution is 2.42. The van der Waals surface area contributed by atoms with Crippen molar-refractivity contribution in [1.29, 1.82) is 0 Å². The lowest BCUT2D eigenvalue weighted by Crippen LogP contribution is -2.10. The molecule has 2 aromatic carbocycles. The second-order valence-electron chi connectivity index (χ2n) is 7.23. The van der Waals surface area contributed by atoms with Crippen molar-refractivity contribution in [3.05, 3.63) is 46.5 Å². The molecule has 0 bridgehead atoms. The van der Waals surface area contributed by atoms with Crippen LogP contribution in [0.4, 0.5) is 0 Å². The van der Waals surface area contributed by atoms with Gasteiger partial charge in [0.15, 0.2) is 11.5 Å². The van der Waals surface area contributed by atoms with Gasteiger partial charge in [-0.25, -0.2) is 4.79 Å². The third kappa shape index (κ3) is 4.99. The van der Waals surface area contributed by atoms with Gasteiger partial charge < -0.3 is 29.5 Å². The standard InChI is InChI=1S/C22H28O7/c1-12(2)8-16(24)15-6-7-17(19(22(25)26)21(15)28-5)29-20-14(11-23)9-13(3)10-18(20)27-4/h6-7,9-10,12,16,23-24H,8,11H2,1-5H3,(H,25,26). The van der Waals surface area contributed by atoms with Crippen LogP contribution in [0.15, 0.2) is 24.3 Å². The van der Waals surface area contributed by atoms with Crippen LogP contribution in [0, 0.1) is 12.8 Å². The van der Waals surface area contributed by atoms with Crippen molar-refractivity contribution in [2.75, 3.05) is 14.2 Å². The van der Waals surface area contributed by atoms with E-state index in [1.54, 1.807) is 18.2 Å². The van der Waals surface area contributed by atoms with Crippen LogP contribution >= 0.6 is 0 Å². The summed E-state index contributed by atoms with van der Waals surface area (Å²) < 4.78 is 16.6. The molecule has 0 aromatic heterocycles. The fourth-order valence-electron chi connectivity index (χ4n) is 3.23. The van der Waals surface area contributed by atoms with Gasteiger partial charge in [-0.05, 0) is 49.1 Å². The zero-order chi connectivity index (χ0) is 21.7. The second kappa shape index (κ2) is 9.62. The maximum absolute atomic E-state index is 12.0. The summed E-state index contributed by atoms with van der Waals surface area (Å²) in [7, 11) is 2.82. The van der Waals surface area contributed by atoms with Crippen LogP contribution in [-0.4, -0.2) is 35.5 Å². The Labute approximate surface area is 170 Å². The van der Waals surface area contributed by atoms with Crippen molar-refractivity contribution >= 4 is 5.97 Å². The lowest BCUT2D eigenvalue weighted by atomic mass is 9.96. The molecule has 3 N–H and O–H groups in total. The first-order valence-electron chi connectivity index (χ1n) is 9.31. The molecular weight excluding hydrogens is 376 g/mol. The molecule has 0 aliphatic heterocycles. The van der Waals surface area contributed by atoms with E-state index in [-0.39, 0.29) is 35.3 Å². The van der Waals surface area contributed by atoms with E-state index in [9.17, 15) is 20.1 Å². The van der Waals surface area contributed by atoms with Gasteiger partial charge in [0.1, 0.15) is 17.1 Å². The molecule has 1 unspecified atom stereocenters. The Kier molecular flexibility index (Phi) is 7.47. The number of hydrogen-bond donors (Lipinski definition) is 3. The average molecular weight is 404 g/mol. The van der Waals surface area contributed by atoms with Gasteiger partial charge in [0.25, 0.3) is 0 Å². The van der Waals surface area contributed by atoms with Gasteiger partial charge in [-0.3, -0.25) is 0 Å². The van der Waals surface area contributed by atoms with Crippen LogP contribution in [0.1, 0.15) is 53.4 Å². The number of carbonyl (C=O) groups is 1. The molecular formula is C22H28O7. The van der Waals surface area contributed by atoms with E-state index < -0.39 is 12.1 Å². The summed E-state index contributed by atoms with van der Waals surface area (Å²) in [6, 6.07) is 6.53. The van der Waals surface area contributed by atoms with Crippen LogP contribution in [0.5, 0.6) is 23.0 Å². The van der Waals surface area contributed by atoms with Gasteiger partial charge in [0, 0.05) is 11.1 Å². The zero-order valence-corrected chi connectivity index (χ0v) is 17.4. The number of aliphatic hydroxyl groups excluding tert-OH is 2. The highest BCUT2D eigenvalue weighted by molar-refractivity contribution is 5.95. The Hall–Kier alpha value is -2.77. The number of benzene rings is 2. The monoisotopic (exact) mass is 404 g/mol. The van der Waals surface area contributed by atoms with E-state index in [0.717, 1.165) is 5.56 Å². The molecule has 1 atom stereocenters. The summed E-state index contributed by atoms with van der Waals surface area (Å²) >= 11 is 0. The van der Waals surface area contributed by atoms with Crippen molar-refractivity contribution in [3.8, 4) is 23.0 Å². The lowest BCUT2D eigenvalue weighted by Gasteiger charge is -2.21. The van der Waals surface area contributed by atoms with E-state index in [1.807, 2.05) is 20.8 Å². The summed E-state index contributed by atoms with van der Waals surface area (Å²) in [5.41, 5.74) is 1.49. The molecule has 158 valence electrons. The van der Waals surface area contributed by atoms with E-state index >= 15 is 0 Å². The number of hydrogen-bond acceptors (Lipinski definition) is 6. The minimum atomic E-state index is -1.26. The number of carboxylic acid groups (broad SMARTS) is 1. The molecule has 7 heteroatoms. The molecule has 2 aromatic rings. The Bertz CT molecular complexity index is 849. The maximum Gasteiger partial charge on any atom is 0.343 e. The van der Waals surface area contributed by atoms with Gasteiger partial charge in [0.05, 0.1) is 26.9 Å². The van der Waals surface area contributed by atoms with E-state index in [0.29, 0.717) is 23.3 Å². The summed E-state index contributed by atoms with van der Waals surface area (Å²) in [4.78, 5) is 12.0. The van der Waals surface area contributed by atoms with Crippen LogP contribution in [0.25, 0.3) is 0 Å². The largest absolute Gasteiger partial charge is 0.495 e. The number of rotatable bonds is 9. The lowest BCUT2D eigenvalue weighted by molar-refractivity contribution is 0.0689. The van der Waals surface area contributed by atoms with Gasteiger partial charge >= 0.3 is 5.97 Å². The fraction of sp³-hybridized carbons (Fsp3) is 0.409. The molecule has 0 radical (unpaired) electrons. The van der Waals surface area contributed by atoms with Crippen molar-refractivity contribution in [1.82, 2.24) is 0 Å². The SMILES string of the molecule is COc1cc(C)cc(CO)c1Oc1ccc(C(O)CC(C)C)c(OC)c1C(=O)O. The number of aromatic carboxylic acids is 1. The third-order valence-corrected chi connectivity index (χ3v) is 4.50. The van der Waals surface area contributed by atoms with Crippen LogP contribution in [0.3, 0.4) is 0 Å². The predicted molar refractivity (Wildman–Crippen MR) is 108 cm³/mol. The Morgan fingerprint density at radius 3 is 2.28 bits per heavy atom. The third-order valence-electron chi connectivity index (χ3n) is 4.50. The van der Waals surface area contributed by atoms with Crippen LogP contribution < -0.4 is 14.2 Å². The predicted octanol–water partition coefficient (Wildman–Crippen LogP) is 4.07. The average Bonchev–Trinajstić information content (AvgIpc) is 2.67. The Balaban J connectivity index is 2.62. The van der Waals surface area contributed by atoms with Crippen molar-refractivity contribution in [2.24, 2.45) is 5.92 Å². The van der Waals surface area contributed by atoms with Crippen LogP contribution in [0.2, 0.25) is 0 Å². The molecule has 0 heterocycles. The molecule has 0 fully saturated rings. The number of carboxylic acids is 1. The summed E-state index contributed by atoms with van der Waals surface area (Å²) in [6.45, 7) is 5.47. The molecule has 2 rings (SSSR count). The minimum absolute atomic E-state index is 0.0201. The molecule has 29 heavy (non-hydrogen) atoms. The van der Waals surface area contributed by atoms with Crippen molar-refractivity contribution in [2.45, 2.75) is 39.9 Å². The first-order valence-corrected chi connectivity index (χ1v) is 9.31. The summed E-state index contributed by atoms with van der Waals surface area (Å²) in [5.74, 6) is -0.393. The molecule has 0 saturated carbocycles. The normalized spacial score (nSPS) is 12.0. The summed E-state index contributed by atoms with van der Waals surface area (Å²) in [6.07, 6.45) is -0.421. The highest BCUT2D eigenvalue weighted by atomic mass is 16.5. The molecule has 0 spiro atoms. The quantitative estimate of drug-likeness (QED) is 0.578. The second-order valence-corrected chi connectivity index (χ2v) is 7.23. The first kappa shape index (κ1) is 22.5. The van der Waals surface area contributed by atoms with Crippen molar-refractivity contribution in [3.63, 3.8) is 0 Å². The Morgan fingerprint density at radius 2 is 1.76 bits per heavy atom. The molecule has 7 nitrogen and oxygen atoms in total. The number of aliphatic hydroxyl groups is 2. The van der Waals surface area contributed by atoms with E-state index in [2.05, 4.69) is 0 Å². The number of methoxy groups -OCH3 is 2. The molecule has 0 aliphatic carbocycles. The first-order chi connectivity index (χ1) is 13.7. The number of ether oxygens (including phenoxy) is 3. The smallest absolute Gasteiger partial charge is 0.343 e. The Morgan fingerprint density at radius 1 is 1.07 bits per heavy atom. The number of aryl methyl sites for hydroxylation is 1. The van der Waals surface area contributed by atoms with Gasteiger partial charge in [0.2, 0.25) is 0 Å². The molecule has 0 amide bonds. The zero-order valence-electron chi connectivity index (χ0n) is 17.4. The van der Waals surface area contributed by atoms with E-state index in [4.69, 9.17) is 14.2 Å². The van der Waals surface area contributed by atoms with Crippen LogP contribution in [-0.2, 0) is 6.61 Å². The van der Waals surface area contributed by atoms with Crippen molar-refractivity contribution < 1.29 is 34.3 Å².